The monoisotopic (exact) mass is 306 g/mol. The lowest BCUT2D eigenvalue weighted by molar-refractivity contribution is 0.102. The van der Waals surface area contributed by atoms with Gasteiger partial charge in [-0.3, -0.25) is 4.79 Å². The average molecular weight is 306 g/mol. The van der Waals surface area contributed by atoms with Gasteiger partial charge in [0.25, 0.3) is 5.91 Å². The van der Waals surface area contributed by atoms with E-state index in [0.717, 1.165) is 12.1 Å². The van der Waals surface area contributed by atoms with Crippen molar-refractivity contribution in [2.45, 2.75) is 13.8 Å². The molecule has 116 valence electrons. The van der Waals surface area contributed by atoms with Crippen molar-refractivity contribution in [3.63, 3.8) is 0 Å². The number of hydrogen-bond acceptors (Lipinski definition) is 4. The molecular formula is C15H16F2N4O. The summed E-state index contributed by atoms with van der Waals surface area (Å²) < 4.78 is 26.3. The molecule has 0 spiro atoms. The smallest absolute Gasteiger partial charge is 0.274 e. The highest BCUT2D eigenvalue weighted by atomic mass is 19.1. The normalized spacial score (nSPS) is 10.6. The number of carbonyl (C=O) groups excluding carboxylic acids is 1. The fraction of sp³-hybridized carbons (Fsp3) is 0.267. The Labute approximate surface area is 126 Å². The second-order valence-corrected chi connectivity index (χ2v) is 5.12. The lowest BCUT2D eigenvalue weighted by atomic mass is 10.2. The molecule has 0 atom stereocenters. The predicted molar refractivity (Wildman–Crippen MR) is 79.7 cm³/mol. The van der Waals surface area contributed by atoms with E-state index in [0.29, 0.717) is 24.5 Å². The van der Waals surface area contributed by atoms with Crippen LogP contribution in [0.4, 0.5) is 20.4 Å². The molecule has 1 aromatic carbocycles. The first-order valence-corrected chi connectivity index (χ1v) is 6.79. The lowest BCUT2D eigenvalue weighted by Crippen LogP contribution is -2.17. The van der Waals surface area contributed by atoms with E-state index in [-0.39, 0.29) is 11.4 Å². The molecule has 0 saturated heterocycles. The van der Waals surface area contributed by atoms with E-state index in [1.165, 1.54) is 12.3 Å². The third-order valence-corrected chi connectivity index (χ3v) is 2.74. The van der Waals surface area contributed by atoms with Crippen molar-refractivity contribution in [1.82, 2.24) is 9.97 Å². The Hall–Kier alpha value is -2.57. The van der Waals surface area contributed by atoms with Gasteiger partial charge in [-0.05, 0) is 24.1 Å². The predicted octanol–water partition coefficient (Wildman–Crippen LogP) is 3.08. The van der Waals surface area contributed by atoms with Gasteiger partial charge in [0.05, 0.1) is 5.69 Å². The van der Waals surface area contributed by atoms with Gasteiger partial charge in [0.1, 0.15) is 17.3 Å². The first-order valence-electron chi connectivity index (χ1n) is 6.79. The van der Waals surface area contributed by atoms with Crippen LogP contribution in [0.15, 0.2) is 30.5 Å². The zero-order valence-electron chi connectivity index (χ0n) is 12.2. The van der Waals surface area contributed by atoms with Crippen LogP contribution in [0, 0.1) is 17.6 Å². The van der Waals surface area contributed by atoms with Gasteiger partial charge in [0.15, 0.2) is 0 Å². The van der Waals surface area contributed by atoms with Gasteiger partial charge in [-0.15, -0.1) is 0 Å². The summed E-state index contributed by atoms with van der Waals surface area (Å²) in [4.78, 5) is 20.1. The van der Waals surface area contributed by atoms with Gasteiger partial charge in [-0.25, -0.2) is 18.7 Å². The standard InChI is InChI=1S/C15H16F2N4O/c1-9(2)8-19-15-18-6-5-13(21-15)14(22)20-12-4-3-10(16)7-11(12)17/h3-7,9H,8H2,1-2H3,(H,20,22)(H,18,19,21). The molecule has 0 fully saturated rings. The highest BCUT2D eigenvalue weighted by Gasteiger charge is 2.12. The van der Waals surface area contributed by atoms with Crippen LogP contribution >= 0.6 is 0 Å². The number of hydrogen-bond donors (Lipinski definition) is 2. The first-order chi connectivity index (χ1) is 10.5. The van der Waals surface area contributed by atoms with Crippen LogP contribution < -0.4 is 10.6 Å². The zero-order chi connectivity index (χ0) is 16.1. The van der Waals surface area contributed by atoms with Gasteiger partial charge >= 0.3 is 0 Å². The van der Waals surface area contributed by atoms with E-state index < -0.39 is 17.5 Å². The number of benzene rings is 1. The van der Waals surface area contributed by atoms with Crippen LogP contribution in [0.5, 0.6) is 0 Å². The molecule has 2 rings (SSSR count). The van der Waals surface area contributed by atoms with E-state index in [1.807, 2.05) is 13.8 Å². The summed E-state index contributed by atoms with van der Waals surface area (Å²) in [6.45, 7) is 4.72. The Morgan fingerprint density at radius 2 is 2.05 bits per heavy atom. The molecular weight excluding hydrogens is 290 g/mol. The molecule has 0 saturated carbocycles. The Bertz CT molecular complexity index is 676. The quantitative estimate of drug-likeness (QED) is 0.891. The Morgan fingerprint density at radius 1 is 1.27 bits per heavy atom. The minimum Gasteiger partial charge on any atom is -0.354 e. The third kappa shape index (κ3) is 4.21. The minimum absolute atomic E-state index is 0.0879. The molecule has 0 aliphatic heterocycles. The summed E-state index contributed by atoms with van der Waals surface area (Å²) in [5, 5.41) is 5.34. The number of rotatable bonds is 5. The number of carbonyl (C=O) groups is 1. The van der Waals surface area contributed by atoms with E-state index in [9.17, 15) is 13.6 Å². The number of amides is 1. The molecule has 22 heavy (non-hydrogen) atoms. The molecule has 2 N–H and O–H groups in total. The van der Waals surface area contributed by atoms with E-state index in [2.05, 4.69) is 20.6 Å². The molecule has 1 heterocycles. The van der Waals surface area contributed by atoms with Crippen LogP contribution in [0.1, 0.15) is 24.3 Å². The summed E-state index contributed by atoms with van der Waals surface area (Å²) in [6.07, 6.45) is 1.44. The van der Waals surface area contributed by atoms with Crippen molar-refractivity contribution in [2.24, 2.45) is 5.92 Å². The fourth-order valence-electron chi connectivity index (χ4n) is 1.64. The molecule has 7 heteroatoms. The van der Waals surface area contributed by atoms with Gasteiger partial charge in [-0.2, -0.15) is 0 Å². The maximum absolute atomic E-state index is 13.5. The topological polar surface area (TPSA) is 66.9 Å². The SMILES string of the molecule is CC(C)CNc1nccc(C(=O)Nc2ccc(F)cc2F)n1. The second-order valence-electron chi connectivity index (χ2n) is 5.12. The average Bonchev–Trinajstić information content (AvgIpc) is 2.48. The lowest BCUT2D eigenvalue weighted by Gasteiger charge is -2.09. The van der Waals surface area contributed by atoms with Gasteiger partial charge in [-0.1, -0.05) is 13.8 Å². The summed E-state index contributed by atoms with van der Waals surface area (Å²) >= 11 is 0. The van der Waals surface area contributed by atoms with Crippen molar-refractivity contribution in [3.05, 3.63) is 47.8 Å². The van der Waals surface area contributed by atoms with Crippen LogP contribution in [0.25, 0.3) is 0 Å². The van der Waals surface area contributed by atoms with Crippen molar-refractivity contribution in [1.29, 1.82) is 0 Å². The molecule has 1 aromatic heterocycles. The van der Waals surface area contributed by atoms with Crippen molar-refractivity contribution >= 4 is 17.5 Å². The molecule has 0 unspecified atom stereocenters. The summed E-state index contributed by atoms with van der Waals surface area (Å²) in [6, 6.07) is 4.33. The molecule has 2 aromatic rings. The van der Waals surface area contributed by atoms with Crippen LogP contribution in [0.2, 0.25) is 0 Å². The summed E-state index contributed by atoms with van der Waals surface area (Å²) in [5.74, 6) is -1.44. The number of anilines is 2. The number of halogens is 2. The first kappa shape index (κ1) is 15.8. The molecule has 0 aliphatic rings. The number of aromatic nitrogens is 2. The van der Waals surface area contributed by atoms with Gasteiger partial charge in [0.2, 0.25) is 5.95 Å². The number of nitrogens with one attached hydrogen (secondary N) is 2. The highest BCUT2D eigenvalue weighted by molar-refractivity contribution is 6.03. The Morgan fingerprint density at radius 3 is 2.73 bits per heavy atom. The van der Waals surface area contributed by atoms with E-state index in [4.69, 9.17) is 0 Å². The Kier molecular flexibility index (Phi) is 4.98. The molecule has 0 aliphatic carbocycles. The minimum atomic E-state index is -0.847. The van der Waals surface area contributed by atoms with Crippen molar-refractivity contribution in [3.8, 4) is 0 Å². The fourth-order valence-corrected chi connectivity index (χ4v) is 1.64. The third-order valence-electron chi connectivity index (χ3n) is 2.74. The van der Waals surface area contributed by atoms with Crippen molar-refractivity contribution < 1.29 is 13.6 Å². The summed E-state index contributed by atoms with van der Waals surface area (Å²) in [5.41, 5.74) is -0.0216. The molecule has 0 radical (unpaired) electrons. The van der Waals surface area contributed by atoms with Crippen LogP contribution in [-0.4, -0.2) is 22.4 Å². The Balaban J connectivity index is 2.10. The zero-order valence-corrected chi connectivity index (χ0v) is 12.2. The molecule has 0 bridgehead atoms. The van der Waals surface area contributed by atoms with E-state index >= 15 is 0 Å². The van der Waals surface area contributed by atoms with Crippen LogP contribution in [0.3, 0.4) is 0 Å². The largest absolute Gasteiger partial charge is 0.354 e. The maximum Gasteiger partial charge on any atom is 0.274 e. The highest BCUT2D eigenvalue weighted by Crippen LogP contribution is 2.16. The number of nitrogens with zero attached hydrogens (tertiary/aromatic N) is 2. The van der Waals surface area contributed by atoms with Gasteiger partial charge < -0.3 is 10.6 Å². The van der Waals surface area contributed by atoms with E-state index in [1.54, 1.807) is 0 Å². The molecule has 1 amide bonds. The van der Waals surface area contributed by atoms with Crippen molar-refractivity contribution in [2.75, 3.05) is 17.2 Å². The molecule has 5 nitrogen and oxygen atoms in total. The summed E-state index contributed by atoms with van der Waals surface area (Å²) in [7, 11) is 0. The maximum atomic E-state index is 13.5. The van der Waals surface area contributed by atoms with Crippen LogP contribution in [-0.2, 0) is 0 Å². The second kappa shape index (κ2) is 6.93. The van der Waals surface area contributed by atoms with Gasteiger partial charge in [0, 0.05) is 18.8 Å².